The molecule has 15 heteroatoms. The normalized spacial score (nSPS) is 21.5. The molecule has 0 saturated heterocycles. The predicted octanol–water partition coefficient (Wildman–Crippen LogP) is 17.1. The third-order valence-electron chi connectivity index (χ3n) is 14.3. The summed E-state index contributed by atoms with van der Waals surface area (Å²) < 4.78 is 147. The van der Waals surface area contributed by atoms with Gasteiger partial charge in [-0.3, -0.25) is 6.08 Å². The first-order valence-corrected chi connectivity index (χ1v) is 22.1. The zero-order chi connectivity index (χ0) is 48.5. The Labute approximate surface area is 407 Å². The van der Waals surface area contributed by atoms with Gasteiger partial charge in [0.05, 0.1) is 0 Å². The molecule has 0 N–H and O–H groups in total. The summed E-state index contributed by atoms with van der Waals surface area (Å²) in [7, 11) is 0. The molecule has 362 valence electrons. The molecular weight excluding hydrogens is 1000 g/mol. The van der Waals surface area contributed by atoms with Crippen LogP contribution in [0, 0.1) is 51.7 Å². The van der Waals surface area contributed by atoms with Crippen molar-refractivity contribution in [3.8, 4) is 0 Å². The van der Waals surface area contributed by atoms with Crippen LogP contribution in [0.2, 0.25) is 0 Å². The van der Waals surface area contributed by atoms with E-state index in [0.717, 1.165) is 12.8 Å². The summed E-state index contributed by atoms with van der Waals surface area (Å²) >= 11 is 1.30. The predicted molar refractivity (Wildman–Crippen MR) is 238 cm³/mol. The molecule has 1 saturated carbocycles. The second kappa shape index (κ2) is 21.6. The van der Waals surface area contributed by atoms with Gasteiger partial charge in [0, 0.05) is 0 Å². The fraction of sp³-hybridized carbons (Fsp3) is 0.412. The number of benzene rings is 3. The first kappa shape index (κ1) is 58.8. The second-order valence-corrected chi connectivity index (χ2v) is 17.8. The van der Waals surface area contributed by atoms with Gasteiger partial charge in [0.25, 0.3) is 0 Å². The number of halogens is 14. The quantitative estimate of drug-likeness (QED) is 0.155. The zero-order valence-electron chi connectivity index (χ0n) is 37.6. The van der Waals surface area contributed by atoms with E-state index in [-0.39, 0.29) is 58.6 Å². The van der Waals surface area contributed by atoms with Gasteiger partial charge in [0.1, 0.15) is 0 Å². The van der Waals surface area contributed by atoms with E-state index in [9.17, 15) is 52.7 Å². The van der Waals surface area contributed by atoms with Gasteiger partial charge in [0.15, 0.2) is 0 Å². The van der Waals surface area contributed by atoms with Crippen molar-refractivity contribution in [3.05, 3.63) is 165 Å². The first-order valence-electron chi connectivity index (χ1n) is 20.4. The number of fused-ring (bicyclic) bond motifs is 6. The van der Waals surface area contributed by atoms with Crippen LogP contribution >= 0.6 is 24.8 Å². The molecule has 2 unspecified atom stereocenters. The van der Waals surface area contributed by atoms with Gasteiger partial charge in [-0.2, -0.15) is 106 Å². The van der Waals surface area contributed by atoms with E-state index in [2.05, 4.69) is 108 Å². The summed E-state index contributed by atoms with van der Waals surface area (Å²) in [6.07, 6.45) is -0.618. The molecule has 1 fully saturated rings. The third kappa shape index (κ3) is 11.6. The van der Waals surface area contributed by atoms with Crippen LogP contribution in [0.25, 0.3) is 5.57 Å². The van der Waals surface area contributed by atoms with Gasteiger partial charge in [-0.1, -0.05) is 136 Å². The summed E-state index contributed by atoms with van der Waals surface area (Å²) in [6.45, 7) is 20.3. The van der Waals surface area contributed by atoms with E-state index in [1.165, 1.54) is 48.2 Å². The summed E-state index contributed by atoms with van der Waals surface area (Å²) in [4.78, 5) is 0. The Morgan fingerprint density at radius 3 is 1.52 bits per heavy atom. The van der Waals surface area contributed by atoms with Gasteiger partial charge in [0.2, 0.25) is 0 Å². The summed E-state index contributed by atoms with van der Waals surface area (Å²) in [6, 6.07) is 14.7. The molecule has 0 aliphatic heterocycles. The minimum atomic E-state index is -4.78. The van der Waals surface area contributed by atoms with Crippen LogP contribution in [-0.2, 0) is 55.4 Å². The Morgan fingerprint density at radius 1 is 0.667 bits per heavy atom. The van der Waals surface area contributed by atoms with Crippen molar-refractivity contribution in [1.29, 1.82) is 0 Å². The van der Waals surface area contributed by atoms with Crippen LogP contribution in [0.5, 0.6) is 0 Å². The van der Waals surface area contributed by atoms with Crippen LogP contribution < -0.4 is 0 Å². The molecule has 0 amide bonds. The van der Waals surface area contributed by atoms with Crippen molar-refractivity contribution < 1.29 is 76.9 Å². The van der Waals surface area contributed by atoms with E-state index in [4.69, 9.17) is 0 Å². The number of hydrogen-bond acceptors (Lipinski definition) is 0. The molecule has 0 aromatic heterocycles. The average Bonchev–Trinajstić information content (AvgIpc) is 3.93. The van der Waals surface area contributed by atoms with Crippen molar-refractivity contribution in [2.24, 2.45) is 27.6 Å². The Hall–Kier alpha value is -3.28. The van der Waals surface area contributed by atoms with E-state index in [1.54, 1.807) is 40.3 Å². The van der Waals surface area contributed by atoms with E-state index < -0.39 is 47.0 Å². The van der Waals surface area contributed by atoms with E-state index in [0.29, 0.717) is 30.2 Å². The maximum absolute atomic E-state index is 12.0. The SMILES string of the molecule is C[C-]1C2=C3Cc4ccccc4C3=C3C=CCCC3C2(C)C(C)(C)C(C)(C)C1(C)C.Cl.Cl.FC(F)(F)c1c[c-]cc(C(F)(F)F)c1.FC(F)(F)c1c[c-]cc(C(F)(F)F)c1.[C-]1=CC=CC1.[CH2]=[Zr]. The minimum absolute atomic E-state index is 0. The van der Waals surface area contributed by atoms with Gasteiger partial charge < -0.3 is 0 Å². The van der Waals surface area contributed by atoms with Crippen LogP contribution in [0.3, 0.4) is 0 Å². The molecule has 0 spiro atoms. The van der Waals surface area contributed by atoms with Crippen LogP contribution in [0.15, 0.2) is 108 Å². The summed E-state index contributed by atoms with van der Waals surface area (Å²) in [5.74, 6) is 2.24. The molecule has 66 heavy (non-hydrogen) atoms. The first-order chi connectivity index (χ1) is 29.4. The van der Waals surface area contributed by atoms with E-state index >= 15 is 0 Å². The van der Waals surface area contributed by atoms with Gasteiger partial charge in [-0.15, -0.1) is 50.3 Å². The average molecular weight is 1060 g/mol. The van der Waals surface area contributed by atoms with Crippen molar-refractivity contribution in [2.75, 3.05) is 0 Å². The van der Waals surface area contributed by atoms with E-state index in [1.807, 2.05) is 12.2 Å². The summed E-state index contributed by atoms with van der Waals surface area (Å²) in [5.41, 5.74) is 4.88. The van der Waals surface area contributed by atoms with Gasteiger partial charge in [-0.05, 0) is 40.6 Å². The number of alkyl halides is 12. The molecule has 3 aromatic rings. The molecule has 0 bridgehead atoms. The maximum atomic E-state index is 12.0. The molecular formula is C51H52Cl2F12Zr-4. The second-order valence-electron chi connectivity index (χ2n) is 17.8. The third-order valence-corrected chi connectivity index (χ3v) is 14.3. The topological polar surface area (TPSA) is 0 Å². The Kier molecular flexibility index (Phi) is 19.2. The molecule has 3 aromatic carbocycles. The van der Waals surface area contributed by atoms with Crippen molar-refractivity contribution >= 4 is 34.6 Å². The monoisotopic (exact) mass is 1050 g/mol. The standard InChI is InChI=1S/C29H37.2C8H3F6.C5H5.CH2.2ClH.Zr/c1-18-25-22-17-19-13-9-10-14-20(19)24(22)21-15-11-12-16-23(21)29(25,8)28(6,7)27(4,5)26(18,2)3;2*9-7(10,11)5-2-1-3-6(4-5)8(12,13)14;1-2-4-5-3-1;;;;/h9-11,13-15,23H,12,16-17H2,1-8H3;2*2-4H;1-3H,4H2;1H2;2*1H;/q4*-1;;;;. The van der Waals surface area contributed by atoms with Gasteiger partial charge >= 0.3 is 53.2 Å². The molecule has 0 radical (unpaired) electrons. The number of allylic oxidation sites excluding steroid dienone is 10. The molecule has 8 rings (SSSR count). The Bertz CT molecular complexity index is 2170. The Morgan fingerprint density at radius 2 is 1.12 bits per heavy atom. The summed E-state index contributed by atoms with van der Waals surface area (Å²) in [5, 5.41) is 0. The zero-order valence-corrected chi connectivity index (χ0v) is 41.7. The molecule has 0 heterocycles. The Balaban J connectivity index is 0.000000341. The number of hydrogen-bond donors (Lipinski definition) is 0. The molecule has 2 atom stereocenters. The fourth-order valence-electron chi connectivity index (χ4n) is 9.51. The molecule has 0 nitrogen and oxygen atoms in total. The van der Waals surface area contributed by atoms with Crippen molar-refractivity contribution in [2.45, 2.75) is 106 Å². The number of rotatable bonds is 0. The molecule has 5 aliphatic carbocycles. The van der Waals surface area contributed by atoms with Crippen LogP contribution in [0.4, 0.5) is 52.7 Å². The van der Waals surface area contributed by atoms with Crippen LogP contribution in [-0.4, -0.2) is 4.21 Å². The van der Waals surface area contributed by atoms with Crippen LogP contribution in [0.1, 0.15) is 108 Å². The van der Waals surface area contributed by atoms with Gasteiger partial charge in [-0.25, -0.2) is 18.1 Å². The van der Waals surface area contributed by atoms with Crippen molar-refractivity contribution in [3.63, 3.8) is 0 Å². The molecule has 5 aliphatic rings. The fourth-order valence-corrected chi connectivity index (χ4v) is 9.51. The van der Waals surface area contributed by atoms with Crippen molar-refractivity contribution in [1.82, 2.24) is 0 Å².